The number of fused-ring (bicyclic) bond motifs is 1. The van der Waals surface area contributed by atoms with E-state index in [1.54, 1.807) is 0 Å². The minimum atomic E-state index is 0.800. The van der Waals surface area contributed by atoms with Crippen LogP contribution in [0.2, 0.25) is 0 Å². The number of alkyl halides is 1. The molecular weight excluding hydrogens is 412 g/mol. The van der Waals surface area contributed by atoms with Crippen molar-refractivity contribution in [3.05, 3.63) is 35.9 Å². The van der Waals surface area contributed by atoms with E-state index < -0.39 is 0 Å². The first-order valence-corrected chi connectivity index (χ1v) is 12.2. The summed E-state index contributed by atoms with van der Waals surface area (Å²) in [4.78, 5) is 0. The molecule has 0 saturated carbocycles. The third kappa shape index (κ3) is 8.03. The van der Waals surface area contributed by atoms with Gasteiger partial charge in [0, 0.05) is 5.33 Å². The second-order valence-corrected chi connectivity index (χ2v) is 8.43. The molecule has 0 aliphatic carbocycles. The van der Waals surface area contributed by atoms with Crippen molar-refractivity contribution >= 4 is 26.7 Å². The molecule has 2 aromatic carbocycles. The van der Waals surface area contributed by atoms with E-state index in [-0.39, 0.29) is 0 Å². The molecule has 28 heavy (non-hydrogen) atoms. The van der Waals surface area contributed by atoms with Gasteiger partial charge >= 0.3 is 0 Å². The number of hydrogen-bond donors (Lipinski definition) is 0. The van der Waals surface area contributed by atoms with Gasteiger partial charge < -0.3 is 9.47 Å². The van der Waals surface area contributed by atoms with Crippen molar-refractivity contribution in [1.82, 2.24) is 0 Å². The molecule has 2 nitrogen and oxygen atoms in total. The number of rotatable bonds is 15. The van der Waals surface area contributed by atoms with Gasteiger partial charge in [0.05, 0.1) is 13.2 Å². The van der Waals surface area contributed by atoms with Crippen molar-refractivity contribution in [3.63, 3.8) is 0 Å². The topological polar surface area (TPSA) is 18.5 Å². The van der Waals surface area contributed by atoms with Gasteiger partial charge in [0.1, 0.15) is 11.5 Å². The van der Waals surface area contributed by atoms with Gasteiger partial charge in [-0.1, -0.05) is 79.9 Å². The molecule has 2 rings (SSSR count). The van der Waals surface area contributed by atoms with Crippen molar-refractivity contribution in [2.45, 2.75) is 78.1 Å². The second kappa shape index (κ2) is 13.9. The highest BCUT2D eigenvalue weighted by atomic mass is 79.9. The fourth-order valence-electron chi connectivity index (χ4n) is 3.49. The molecule has 0 amide bonds. The monoisotopic (exact) mass is 448 g/mol. The lowest BCUT2D eigenvalue weighted by Crippen LogP contribution is -2.00. The van der Waals surface area contributed by atoms with Crippen molar-refractivity contribution in [1.29, 1.82) is 0 Å². The van der Waals surface area contributed by atoms with Crippen molar-refractivity contribution < 1.29 is 9.47 Å². The lowest BCUT2D eigenvalue weighted by Gasteiger charge is -2.13. The van der Waals surface area contributed by atoms with Crippen LogP contribution in [-0.2, 0) is 0 Å². The summed E-state index contributed by atoms with van der Waals surface area (Å²) in [6, 6.07) is 10.7. The van der Waals surface area contributed by atoms with Crippen molar-refractivity contribution in [2.75, 3.05) is 18.5 Å². The van der Waals surface area contributed by atoms with Crippen LogP contribution in [0.1, 0.15) is 76.7 Å². The van der Waals surface area contributed by atoms with E-state index >= 15 is 0 Å². The summed E-state index contributed by atoms with van der Waals surface area (Å²) in [6.45, 7) is 6.02. The molecule has 0 N–H and O–H groups in total. The van der Waals surface area contributed by atoms with E-state index in [2.05, 4.69) is 60.1 Å². The number of hydrogen-bond acceptors (Lipinski definition) is 2. The Morgan fingerprint density at radius 1 is 0.750 bits per heavy atom. The van der Waals surface area contributed by atoms with Gasteiger partial charge in [-0.15, -0.1) is 0 Å². The summed E-state index contributed by atoms with van der Waals surface area (Å²) in [6.07, 6.45) is 12.6. The summed E-state index contributed by atoms with van der Waals surface area (Å²) in [5.74, 6) is 1.98. The average Bonchev–Trinajstić information content (AvgIpc) is 2.71. The number of benzene rings is 2. The largest absolute Gasteiger partial charge is 0.494 e. The first-order chi connectivity index (χ1) is 13.8. The normalized spacial score (nSPS) is 11.1. The third-order valence-corrected chi connectivity index (χ3v) is 5.82. The van der Waals surface area contributed by atoms with Gasteiger partial charge in [-0.2, -0.15) is 0 Å². The second-order valence-electron chi connectivity index (χ2n) is 7.64. The molecular formula is C25H37BrO2. The van der Waals surface area contributed by atoms with E-state index in [0.29, 0.717) is 0 Å². The van der Waals surface area contributed by atoms with Crippen LogP contribution in [0.3, 0.4) is 0 Å². The molecule has 0 saturated heterocycles. The van der Waals surface area contributed by atoms with E-state index in [9.17, 15) is 0 Å². The van der Waals surface area contributed by atoms with Crippen molar-refractivity contribution in [2.24, 2.45) is 0 Å². The Labute approximate surface area is 180 Å². The van der Waals surface area contributed by atoms with Gasteiger partial charge in [0.15, 0.2) is 0 Å². The van der Waals surface area contributed by atoms with Crippen LogP contribution in [0.25, 0.3) is 10.8 Å². The molecule has 0 aliphatic rings. The SMILES string of the molecule is CCCCCCCCOc1ccc2c(C)c(OCCCCCCBr)ccc2c1. The molecule has 0 atom stereocenters. The molecule has 0 bridgehead atoms. The van der Waals surface area contributed by atoms with Crippen LogP contribution >= 0.6 is 15.9 Å². The van der Waals surface area contributed by atoms with Gasteiger partial charge in [0.2, 0.25) is 0 Å². The van der Waals surface area contributed by atoms with E-state index in [1.165, 1.54) is 67.7 Å². The fourth-order valence-corrected chi connectivity index (χ4v) is 3.89. The molecule has 0 aliphatic heterocycles. The van der Waals surface area contributed by atoms with Gasteiger partial charge in [-0.3, -0.25) is 0 Å². The molecule has 0 aromatic heterocycles. The smallest absolute Gasteiger partial charge is 0.122 e. The molecule has 156 valence electrons. The van der Waals surface area contributed by atoms with Crippen molar-refractivity contribution in [3.8, 4) is 11.5 Å². The van der Waals surface area contributed by atoms with Gasteiger partial charge in [-0.05, 0) is 60.7 Å². The van der Waals surface area contributed by atoms with E-state index in [4.69, 9.17) is 9.47 Å². The number of ether oxygens (including phenoxy) is 2. The van der Waals surface area contributed by atoms with Crippen LogP contribution < -0.4 is 9.47 Å². The van der Waals surface area contributed by atoms with E-state index in [0.717, 1.165) is 42.9 Å². The summed E-state index contributed by atoms with van der Waals surface area (Å²) >= 11 is 3.48. The molecule has 0 spiro atoms. The zero-order valence-electron chi connectivity index (χ0n) is 17.8. The summed E-state index contributed by atoms with van der Waals surface area (Å²) in [7, 11) is 0. The molecule has 0 fully saturated rings. The Bertz CT molecular complexity index is 684. The van der Waals surface area contributed by atoms with Crippen LogP contribution in [0.4, 0.5) is 0 Å². The lowest BCUT2D eigenvalue weighted by atomic mass is 10.0. The molecule has 2 aromatic rings. The van der Waals surface area contributed by atoms with E-state index in [1.807, 2.05) is 0 Å². The number of unbranched alkanes of at least 4 members (excludes halogenated alkanes) is 8. The highest BCUT2D eigenvalue weighted by Crippen LogP contribution is 2.30. The van der Waals surface area contributed by atoms with Crippen LogP contribution in [0.5, 0.6) is 11.5 Å². The van der Waals surface area contributed by atoms with Crippen LogP contribution in [0.15, 0.2) is 30.3 Å². The quantitative estimate of drug-likeness (QED) is 0.201. The highest BCUT2D eigenvalue weighted by molar-refractivity contribution is 9.09. The zero-order chi connectivity index (χ0) is 20.0. The number of halogens is 1. The van der Waals surface area contributed by atoms with Crippen LogP contribution in [-0.4, -0.2) is 18.5 Å². The Morgan fingerprint density at radius 2 is 1.43 bits per heavy atom. The predicted octanol–water partition coefficient (Wildman–Crippen LogP) is 8.22. The fraction of sp³-hybridized carbons (Fsp3) is 0.600. The van der Waals surface area contributed by atoms with Gasteiger partial charge in [-0.25, -0.2) is 0 Å². The Hall–Kier alpha value is -1.22. The Balaban J connectivity index is 1.80. The van der Waals surface area contributed by atoms with Crippen LogP contribution in [0, 0.1) is 6.92 Å². The standard InChI is InChI=1S/C25H37BrO2/c1-3-4-5-6-8-11-18-27-23-14-15-24-21(2)25(16-13-22(24)20-23)28-19-12-9-7-10-17-26/h13-16,20H,3-12,17-19H2,1-2H3. The minimum Gasteiger partial charge on any atom is -0.494 e. The Morgan fingerprint density at radius 3 is 2.18 bits per heavy atom. The number of aryl methyl sites for hydroxylation is 1. The third-order valence-electron chi connectivity index (χ3n) is 5.26. The average molecular weight is 449 g/mol. The lowest BCUT2D eigenvalue weighted by molar-refractivity contribution is 0.303. The maximum Gasteiger partial charge on any atom is 0.122 e. The molecule has 0 heterocycles. The summed E-state index contributed by atoms with van der Waals surface area (Å²) in [5, 5.41) is 3.58. The molecule has 0 radical (unpaired) electrons. The maximum atomic E-state index is 6.03. The summed E-state index contributed by atoms with van der Waals surface area (Å²) in [5.41, 5.74) is 1.22. The van der Waals surface area contributed by atoms with Gasteiger partial charge in [0.25, 0.3) is 0 Å². The Kier molecular flexibility index (Phi) is 11.4. The predicted molar refractivity (Wildman–Crippen MR) is 125 cm³/mol. The first kappa shape index (κ1) is 23.1. The highest BCUT2D eigenvalue weighted by Gasteiger charge is 2.06. The first-order valence-electron chi connectivity index (χ1n) is 11.1. The summed E-state index contributed by atoms with van der Waals surface area (Å²) < 4.78 is 12.0. The maximum absolute atomic E-state index is 6.03. The molecule has 3 heteroatoms. The minimum absolute atomic E-state index is 0.800. The zero-order valence-corrected chi connectivity index (χ0v) is 19.4. The molecule has 0 unspecified atom stereocenters.